The summed E-state index contributed by atoms with van der Waals surface area (Å²) in [5, 5.41) is 2.95. The number of halogens is 2. The summed E-state index contributed by atoms with van der Waals surface area (Å²) in [6.07, 6.45) is 0. The first kappa shape index (κ1) is 22.1. The van der Waals surface area contributed by atoms with E-state index < -0.39 is 6.04 Å². The van der Waals surface area contributed by atoms with E-state index in [0.717, 1.165) is 38.4 Å². The standard InChI is InChI=1S/C16H25N3O2.2ClH/c1-13(12-19-7-9-21-10-8-19)11-18-16(20)15(17)14-5-3-2-4-6-14;;/h2-6,13,15H,7-12,17H2,1H3,(H,18,20);2*1H. The molecule has 0 spiro atoms. The lowest BCUT2D eigenvalue weighted by Gasteiger charge is -2.29. The summed E-state index contributed by atoms with van der Waals surface area (Å²) in [6.45, 7) is 7.32. The van der Waals surface area contributed by atoms with E-state index in [0.29, 0.717) is 12.5 Å². The minimum atomic E-state index is -0.596. The van der Waals surface area contributed by atoms with E-state index in [9.17, 15) is 4.79 Å². The molecule has 1 aliphatic rings. The summed E-state index contributed by atoms with van der Waals surface area (Å²) < 4.78 is 5.33. The number of nitrogens with one attached hydrogen (secondary N) is 1. The second kappa shape index (κ2) is 11.6. The fourth-order valence-electron chi connectivity index (χ4n) is 2.49. The van der Waals surface area contributed by atoms with Gasteiger partial charge in [-0.25, -0.2) is 0 Å². The number of carbonyl (C=O) groups is 1. The molecule has 1 aromatic rings. The minimum Gasteiger partial charge on any atom is -0.379 e. The fourth-order valence-corrected chi connectivity index (χ4v) is 2.49. The van der Waals surface area contributed by atoms with Crippen LogP contribution in [0, 0.1) is 5.92 Å². The molecule has 5 nitrogen and oxygen atoms in total. The van der Waals surface area contributed by atoms with Crippen molar-refractivity contribution < 1.29 is 9.53 Å². The Labute approximate surface area is 150 Å². The highest BCUT2D eigenvalue weighted by molar-refractivity contribution is 5.85. The lowest BCUT2D eigenvalue weighted by Crippen LogP contribution is -2.42. The third-order valence-electron chi connectivity index (χ3n) is 3.74. The van der Waals surface area contributed by atoms with Crippen LogP contribution in [0.25, 0.3) is 0 Å². The molecule has 1 fully saturated rings. The van der Waals surface area contributed by atoms with Crippen LogP contribution in [0.3, 0.4) is 0 Å². The van der Waals surface area contributed by atoms with Crippen LogP contribution in [-0.4, -0.2) is 50.2 Å². The van der Waals surface area contributed by atoms with Crippen molar-refractivity contribution in [3.05, 3.63) is 35.9 Å². The van der Waals surface area contributed by atoms with Crippen LogP contribution < -0.4 is 11.1 Å². The van der Waals surface area contributed by atoms with Gasteiger partial charge in [0.1, 0.15) is 6.04 Å². The molecule has 0 bridgehead atoms. The van der Waals surface area contributed by atoms with Gasteiger partial charge in [0, 0.05) is 26.2 Å². The molecular formula is C16H27Cl2N3O2. The van der Waals surface area contributed by atoms with E-state index in [1.165, 1.54) is 0 Å². The SMILES string of the molecule is CC(CNC(=O)C(N)c1ccccc1)CN1CCOCC1.Cl.Cl. The molecule has 2 rings (SSSR count). The van der Waals surface area contributed by atoms with Crippen LogP contribution >= 0.6 is 24.8 Å². The largest absolute Gasteiger partial charge is 0.379 e. The third-order valence-corrected chi connectivity index (χ3v) is 3.74. The van der Waals surface area contributed by atoms with Gasteiger partial charge in [0.15, 0.2) is 0 Å². The van der Waals surface area contributed by atoms with Crippen molar-refractivity contribution in [2.24, 2.45) is 11.7 Å². The van der Waals surface area contributed by atoms with Gasteiger partial charge >= 0.3 is 0 Å². The molecule has 23 heavy (non-hydrogen) atoms. The maximum Gasteiger partial charge on any atom is 0.241 e. The molecule has 0 aromatic heterocycles. The molecular weight excluding hydrogens is 337 g/mol. The number of morpholine rings is 1. The van der Waals surface area contributed by atoms with Crippen molar-refractivity contribution in [3.63, 3.8) is 0 Å². The summed E-state index contributed by atoms with van der Waals surface area (Å²) in [5.41, 5.74) is 6.81. The van der Waals surface area contributed by atoms with E-state index in [2.05, 4.69) is 17.1 Å². The summed E-state index contributed by atoms with van der Waals surface area (Å²) in [4.78, 5) is 14.4. The van der Waals surface area contributed by atoms with Crippen molar-refractivity contribution in [2.75, 3.05) is 39.4 Å². The number of hydrogen-bond acceptors (Lipinski definition) is 4. The van der Waals surface area contributed by atoms with E-state index in [4.69, 9.17) is 10.5 Å². The second-order valence-electron chi connectivity index (χ2n) is 5.65. The molecule has 0 saturated carbocycles. The van der Waals surface area contributed by atoms with Crippen molar-refractivity contribution >= 4 is 30.7 Å². The van der Waals surface area contributed by atoms with E-state index in [1.807, 2.05) is 30.3 Å². The molecule has 0 aliphatic carbocycles. The molecule has 7 heteroatoms. The Morgan fingerprint density at radius 2 is 1.87 bits per heavy atom. The van der Waals surface area contributed by atoms with Crippen molar-refractivity contribution in [3.8, 4) is 0 Å². The number of hydrogen-bond donors (Lipinski definition) is 2. The Balaban J connectivity index is 0.00000242. The smallest absolute Gasteiger partial charge is 0.241 e. The molecule has 0 radical (unpaired) electrons. The Hall–Kier alpha value is -0.850. The maximum atomic E-state index is 12.1. The van der Waals surface area contributed by atoms with Gasteiger partial charge in [0.2, 0.25) is 5.91 Å². The predicted octanol–water partition coefficient (Wildman–Crippen LogP) is 1.61. The first-order valence-electron chi connectivity index (χ1n) is 7.55. The number of nitrogens with zero attached hydrogens (tertiary/aromatic N) is 1. The molecule has 1 aliphatic heterocycles. The second-order valence-corrected chi connectivity index (χ2v) is 5.65. The first-order chi connectivity index (χ1) is 10.2. The molecule has 1 aromatic carbocycles. The summed E-state index contributed by atoms with van der Waals surface area (Å²) in [6, 6.07) is 8.86. The highest BCUT2D eigenvalue weighted by Crippen LogP contribution is 2.09. The zero-order valence-corrected chi connectivity index (χ0v) is 15.1. The number of nitrogens with two attached hydrogens (primary N) is 1. The van der Waals surface area contributed by atoms with Crippen molar-refractivity contribution in [1.82, 2.24) is 10.2 Å². The number of rotatable bonds is 6. The van der Waals surface area contributed by atoms with Crippen LogP contribution in [0.4, 0.5) is 0 Å². The molecule has 132 valence electrons. The fraction of sp³-hybridized carbons (Fsp3) is 0.562. The van der Waals surface area contributed by atoms with Crippen LogP contribution in [0.2, 0.25) is 0 Å². The van der Waals surface area contributed by atoms with Gasteiger partial charge in [-0.1, -0.05) is 37.3 Å². The van der Waals surface area contributed by atoms with Gasteiger partial charge in [0.05, 0.1) is 13.2 Å². The van der Waals surface area contributed by atoms with Crippen molar-refractivity contribution in [2.45, 2.75) is 13.0 Å². The van der Waals surface area contributed by atoms with Crippen LogP contribution in [-0.2, 0) is 9.53 Å². The summed E-state index contributed by atoms with van der Waals surface area (Å²) in [5.74, 6) is 0.282. The Bertz CT molecular complexity index is 442. The molecule has 2 unspecified atom stereocenters. The van der Waals surface area contributed by atoms with Gasteiger partial charge in [-0.2, -0.15) is 0 Å². The molecule has 1 saturated heterocycles. The number of benzene rings is 1. The van der Waals surface area contributed by atoms with Crippen molar-refractivity contribution in [1.29, 1.82) is 0 Å². The average molecular weight is 364 g/mol. The van der Waals surface area contributed by atoms with Crippen LogP contribution in [0.15, 0.2) is 30.3 Å². The van der Waals surface area contributed by atoms with Gasteiger partial charge in [-0.3, -0.25) is 9.69 Å². The van der Waals surface area contributed by atoms with E-state index in [-0.39, 0.29) is 30.7 Å². The van der Waals surface area contributed by atoms with E-state index in [1.54, 1.807) is 0 Å². The lowest BCUT2D eigenvalue weighted by molar-refractivity contribution is -0.122. The highest BCUT2D eigenvalue weighted by Gasteiger charge is 2.17. The topological polar surface area (TPSA) is 67.6 Å². The predicted molar refractivity (Wildman–Crippen MR) is 97.3 cm³/mol. The van der Waals surface area contributed by atoms with E-state index >= 15 is 0 Å². The average Bonchev–Trinajstić information content (AvgIpc) is 2.53. The summed E-state index contributed by atoms with van der Waals surface area (Å²) >= 11 is 0. The lowest BCUT2D eigenvalue weighted by atomic mass is 10.1. The maximum absolute atomic E-state index is 12.1. The molecule has 2 atom stereocenters. The normalized spacial score (nSPS) is 17.3. The Kier molecular flexibility index (Phi) is 11.2. The minimum absolute atomic E-state index is 0. The van der Waals surface area contributed by atoms with Gasteiger partial charge in [-0.15, -0.1) is 24.8 Å². The zero-order chi connectivity index (χ0) is 15.1. The number of ether oxygens (including phenoxy) is 1. The third kappa shape index (κ3) is 7.50. The number of amides is 1. The molecule has 1 amide bonds. The first-order valence-corrected chi connectivity index (χ1v) is 7.55. The Morgan fingerprint density at radius 1 is 1.26 bits per heavy atom. The molecule has 1 heterocycles. The van der Waals surface area contributed by atoms with Gasteiger partial charge < -0.3 is 15.8 Å². The van der Waals surface area contributed by atoms with Crippen LogP contribution in [0.5, 0.6) is 0 Å². The summed E-state index contributed by atoms with van der Waals surface area (Å²) in [7, 11) is 0. The highest BCUT2D eigenvalue weighted by atomic mass is 35.5. The number of carbonyl (C=O) groups excluding carboxylic acids is 1. The Morgan fingerprint density at radius 3 is 2.48 bits per heavy atom. The quantitative estimate of drug-likeness (QED) is 0.805. The monoisotopic (exact) mass is 363 g/mol. The van der Waals surface area contributed by atoms with Gasteiger partial charge in [-0.05, 0) is 11.5 Å². The van der Waals surface area contributed by atoms with Crippen LogP contribution in [0.1, 0.15) is 18.5 Å². The molecule has 3 N–H and O–H groups in total. The van der Waals surface area contributed by atoms with Gasteiger partial charge in [0.25, 0.3) is 0 Å². The zero-order valence-electron chi connectivity index (χ0n) is 13.4.